The Bertz CT molecular complexity index is 598. The maximum Gasteiger partial charge on any atom is 0.255 e. The monoisotopic (exact) mass is 432 g/mol. The number of carbonyl (C=O) groups is 2. The first-order valence-corrected chi connectivity index (χ1v) is 8.58. The van der Waals surface area contributed by atoms with Crippen LogP contribution in [0.25, 0.3) is 0 Å². The van der Waals surface area contributed by atoms with Crippen molar-refractivity contribution in [3.8, 4) is 11.5 Å². The quantitative estimate of drug-likeness (QED) is 0.684. The van der Waals surface area contributed by atoms with Crippen LogP contribution in [0.15, 0.2) is 12.1 Å². The van der Waals surface area contributed by atoms with Crippen LogP contribution in [0.3, 0.4) is 0 Å². The van der Waals surface area contributed by atoms with Gasteiger partial charge in [0.15, 0.2) is 11.5 Å². The SMILES string of the molecule is CCC(=O)N1CCN(C(=O)c2cc(OC)c(OC)cc2I)CC1. The van der Waals surface area contributed by atoms with E-state index in [0.29, 0.717) is 49.7 Å². The van der Waals surface area contributed by atoms with Crippen molar-refractivity contribution in [3.63, 3.8) is 0 Å². The number of carbonyl (C=O) groups excluding carboxylic acids is 2. The van der Waals surface area contributed by atoms with Gasteiger partial charge in [0.2, 0.25) is 5.91 Å². The zero-order valence-corrected chi connectivity index (χ0v) is 15.8. The fourth-order valence-electron chi connectivity index (χ4n) is 2.57. The second kappa shape index (κ2) is 7.85. The molecule has 0 bridgehead atoms. The van der Waals surface area contributed by atoms with Gasteiger partial charge in [0.05, 0.1) is 19.8 Å². The van der Waals surface area contributed by atoms with Gasteiger partial charge in [-0.15, -0.1) is 0 Å². The van der Waals surface area contributed by atoms with Crippen molar-refractivity contribution in [2.75, 3.05) is 40.4 Å². The van der Waals surface area contributed by atoms with E-state index in [9.17, 15) is 9.59 Å². The Hall–Kier alpha value is -1.51. The van der Waals surface area contributed by atoms with Crippen molar-refractivity contribution in [2.45, 2.75) is 13.3 Å². The topological polar surface area (TPSA) is 59.1 Å². The third-order valence-corrected chi connectivity index (χ3v) is 4.82. The number of methoxy groups -OCH3 is 2. The highest BCUT2D eigenvalue weighted by Crippen LogP contribution is 2.32. The maximum absolute atomic E-state index is 12.8. The number of halogens is 1. The predicted octanol–water partition coefficient (Wildman–Crippen LogP) is 2.00. The van der Waals surface area contributed by atoms with Crippen LogP contribution < -0.4 is 9.47 Å². The molecule has 126 valence electrons. The van der Waals surface area contributed by atoms with Gasteiger partial charge in [-0.25, -0.2) is 0 Å². The summed E-state index contributed by atoms with van der Waals surface area (Å²) in [4.78, 5) is 28.1. The molecule has 2 amide bonds. The first-order valence-electron chi connectivity index (χ1n) is 7.50. The molecule has 0 N–H and O–H groups in total. The van der Waals surface area contributed by atoms with Crippen molar-refractivity contribution in [1.82, 2.24) is 9.80 Å². The lowest BCUT2D eigenvalue weighted by atomic mass is 10.1. The molecule has 1 fully saturated rings. The zero-order valence-electron chi connectivity index (χ0n) is 13.6. The number of amides is 2. The lowest BCUT2D eigenvalue weighted by molar-refractivity contribution is -0.132. The Labute approximate surface area is 149 Å². The summed E-state index contributed by atoms with van der Waals surface area (Å²) < 4.78 is 11.3. The number of ether oxygens (including phenoxy) is 2. The van der Waals surface area contributed by atoms with Crippen LogP contribution in [0.1, 0.15) is 23.7 Å². The Balaban J connectivity index is 2.14. The first kappa shape index (κ1) is 17.8. The molecule has 0 radical (unpaired) electrons. The van der Waals surface area contributed by atoms with Crippen molar-refractivity contribution < 1.29 is 19.1 Å². The van der Waals surface area contributed by atoms with Crippen molar-refractivity contribution in [1.29, 1.82) is 0 Å². The molecule has 1 aromatic rings. The molecular formula is C16H21IN2O4. The van der Waals surface area contributed by atoms with Crippen LogP contribution in [0.5, 0.6) is 11.5 Å². The smallest absolute Gasteiger partial charge is 0.255 e. The second-order valence-electron chi connectivity index (χ2n) is 5.21. The average molecular weight is 432 g/mol. The Morgan fingerprint density at radius 2 is 1.57 bits per heavy atom. The van der Waals surface area contributed by atoms with E-state index in [0.717, 1.165) is 3.57 Å². The Kier molecular flexibility index (Phi) is 6.09. The van der Waals surface area contributed by atoms with E-state index in [1.165, 1.54) is 0 Å². The van der Waals surface area contributed by atoms with Gasteiger partial charge in [-0.2, -0.15) is 0 Å². The summed E-state index contributed by atoms with van der Waals surface area (Å²) in [5, 5.41) is 0. The summed E-state index contributed by atoms with van der Waals surface area (Å²) in [6.45, 7) is 4.13. The molecule has 0 aromatic heterocycles. The lowest BCUT2D eigenvalue weighted by Crippen LogP contribution is -2.50. The predicted molar refractivity (Wildman–Crippen MR) is 95.0 cm³/mol. The summed E-state index contributed by atoms with van der Waals surface area (Å²) in [5.41, 5.74) is 0.596. The van der Waals surface area contributed by atoms with Gasteiger partial charge in [-0.05, 0) is 34.7 Å². The number of nitrogens with zero attached hydrogens (tertiary/aromatic N) is 2. The fraction of sp³-hybridized carbons (Fsp3) is 0.500. The highest BCUT2D eigenvalue weighted by Gasteiger charge is 2.26. The van der Waals surface area contributed by atoms with E-state index in [4.69, 9.17) is 9.47 Å². The van der Waals surface area contributed by atoms with Crippen molar-refractivity contribution >= 4 is 34.4 Å². The normalized spacial score (nSPS) is 14.6. The van der Waals surface area contributed by atoms with Crippen LogP contribution in [0.4, 0.5) is 0 Å². The minimum absolute atomic E-state index is 0.0426. The van der Waals surface area contributed by atoms with Crippen LogP contribution in [-0.2, 0) is 4.79 Å². The number of benzene rings is 1. The second-order valence-corrected chi connectivity index (χ2v) is 6.38. The molecule has 0 spiro atoms. The van der Waals surface area contributed by atoms with Gasteiger partial charge >= 0.3 is 0 Å². The Morgan fingerprint density at radius 1 is 1.04 bits per heavy atom. The van der Waals surface area contributed by atoms with Gasteiger partial charge in [0.1, 0.15) is 0 Å². The Morgan fingerprint density at radius 3 is 2.09 bits per heavy atom. The molecule has 1 aromatic carbocycles. The molecule has 6 nitrogen and oxygen atoms in total. The number of hydrogen-bond donors (Lipinski definition) is 0. The fourth-order valence-corrected chi connectivity index (χ4v) is 3.24. The zero-order chi connectivity index (χ0) is 17.0. The van der Waals surface area contributed by atoms with E-state index >= 15 is 0 Å². The molecule has 7 heteroatoms. The highest BCUT2D eigenvalue weighted by atomic mass is 127. The third kappa shape index (κ3) is 3.88. The number of rotatable bonds is 4. The molecule has 0 atom stereocenters. The van der Waals surface area contributed by atoms with E-state index < -0.39 is 0 Å². The van der Waals surface area contributed by atoms with Gasteiger partial charge < -0.3 is 19.3 Å². The largest absolute Gasteiger partial charge is 0.493 e. The molecule has 0 unspecified atom stereocenters. The molecule has 0 aliphatic carbocycles. The number of hydrogen-bond acceptors (Lipinski definition) is 4. The number of piperazine rings is 1. The molecule has 1 aliphatic heterocycles. The minimum Gasteiger partial charge on any atom is -0.493 e. The van der Waals surface area contributed by atoms with Gasteiger partial charge in [-0.3, -0.25) is 9.59 Å². The van der Waals surface area contributed by atoms with Crippen molar-refractivity contribution in [3.05, 3.63) is 21.3 Å². The van der Waals surface area contributed by atoms with Gasteiger partial charge in [-0.1, -0.05) is 6.92 Å². The van der Waals surface area contributed by atoms with Crippen LogP contribution in [0.2, 0.25) is 0 Å². The van der Waals surface area contributed by atoms with E-state index in [-0.39, 0.29) is 11.8 Å². The minimum atomic E-state index is -0.0426. The summed E-state index contributed by atoms with van der Waals surface area (Å²) in [6, 6.07) is 3.51. The summed E-state index contributed by atoms with van der Waals surface area (Å²) >= 11 is 2.13. The standard InChI is InChI=1S/C16H21IN2O4/c1-4-15(20)18-5-7-19(8-6-18)16(21)11-9-13(22-2)14(23-3)10-12(11)17/h9-10H,4-8H2,1-3H3. The van der Waals surface area contributed by atoms with Crippen LogP contribution >= 0.6 is 22.6 Å². The van der Waals surface area contributed by atoms with Gasteiger partial charge in [0.25, 0.3) is 5.91 Å². The van der Waals surface area contributed by atoms with E-state index in [1.807, 2.05) is 11.8 Å². The first-order chi connectivity index (χ1) is 11.0. The third-order valence-electron chi connectivity index (χ3n) is 3.93. The van der Waals surface area contributed by atoms with E-state index in [1.54, 1.807) is 31.3 Å². The molecule has 1 aliphatic rings. The summed E-state index contributed by atoms with van der Waals surface area (Å²) in [6.07, 6.45) is 0.502. The molecule has 23 heavy (non-hydrogen) atoms. The van der Waals surface area contributed by atoms with E-state index in [2.05, 4.69) is 22.6 Å². The van der Waals surface area contributed by atoms with Crippen molar-refractivity contribution in [2.24, 2.45) is 0 Å². The van der Waals surface area contributed by atoms with Gasteiger partial charge in [0, 0.05) is 36.2 Å². The summed E-state index contributed by atoms with van der Waals surface area (Å²) in [7, 11) is 3.12. The lowest BCUT2D eigenvalue weighted by Gasteiger charge is -2.35. The molecule has 2 rings (SSSR count). The van der Waals surface area contributed by atoms with Crippen LogP contribution in [-0.4, -0.2) is 62.0 Å². The molecular weight excluding hydrogens is 411 g/mol. The highest BCUT2D eigenvalue weighted by molar-refractivity contribution is 14.1. The molecule has 0 saturated carbocycles. The molecule has 1 saturated heterocycles. The van der Waals surface area contributed by atoms with Crippen LogP contribution in [0, 0.1) is 3.57 Å². The maximum atomic E-state index is 12.8. The molecule has 1 heterocycles. The summed E-state index contributed by atoms with van der Waals surface area (Å²) in [5.74, 6) is 1.24. The average Bonchev–Trinajstić information content (AvgIpc) is 2.60.